The summed E-state index contributed by atoms with van der Waals surface area (Å²) in [6, 6.07) is 17.6. The molecule has 5 nitrogen and oxygen atoms in total. The van der Waals surface area contributed by atoms with Crippen LogP contribution in [0.2, 0.25) is 0 Å². The SMILES string of the molecule is O=C1CN(c2ccccc2)C(=O)[C@@H]1C(=O)Nc1ccccc1. The molecule has 0 bridgehead atoms. The Morgan fingerprint density at radius 3 is 2.18 bits per heavy atom. The molecular formula is C17H14N2O3. The van der Waals surface area contributed by atoms with Crippen molar-refractivity contribution >= 4 is 29.0 Å². The van der Waals surface area contributed by atoms with Gasteiger partial charge < -0.3 is 10.2 Å². The van der Waals surface area contributed by atoms with E-state index in [-0.39, 0.29) is 12.3 Å². The highest BCUT2D eigenvalue weighted by Crippen LogP contribution is 2.24. The zero-order valence-corrected chi connectivity index (χ0v) is 11.7. The summed E-state index contributed by atoms with van der Waals surface area (Å²) in [6.45, 7) is -0.0737. The second-order valence-corrected chi connectivity index (χ2v) is 5.01. The van der Waals surface area contributed by atoms with Crippen LogP contribution in [0.15, 0.2) is 60.7 Å². The second kappa shape index (κ2) is 5.81. The van der Waals surface area contributed by atoms with Crippen LogP contribution in [0.3, 0.4) is 0 Å². The van der Waals surface area contributed by atoms with Crippen molar-refractivity contribution in [2.24, 2.45) is 5.92 Å². The van der Waals surface area contributed by atoms with Gasteiger partial charge in [-0.2, -0.15) is 0 Å². The summed E-state index contributed by atoms with van der Waals surface area (Å²) in [5.41, 5.74) is 1.18. The van der Waals surface area contributed by atoms with Crippen LogP contribution in [-0.2, 0) is 14.4 Å². The number of carbonyl (C=O) groups is 3. The average Bonchev–Trinajstić information content (AvgIpc) is 2.84. The standard InChI is InChI=1S/C17H14N2O3/c20-14-11-19(13-9-5-2-6-10-13)17(22)15(14)16(21)18-12-7-3-1-4-8-12/h1-10,15H,11H2,(H,18,21)/t15-/m0/s1. The van der Waals surface area contributed by atoms with Crippen molar-refractivity contribution in [3.05, 3.63) is 60.7 Å². The Bertz CT molecular complexity index is 713. The number of nitrogens with zero attached hydrogens (tertiary/aromatic N) is 1. The lowest BCUT2D eigenvalue weighted by atomic mass is 10.1. The Kier molecular flexibility index (Phi) is 3.70. The number of nitrogens with one attached hydrogen (secondary N) is 1. The minimum absolute atomic E-state index is 0.0737. The van der Waals surface area contributed by atoms with Gasteiger partial charge in [0.1, 0.15) is 0 Å². The number of anilines is 2. The van der Waals surface area contributed by atoms with Crippen LogP contribution in [-0.4, -0.2) is 24.1 Å². The molecule has 22 heavy (non-hydrogen) atoms. The molecule has 2 aromatic rings. The molecule has 2 amide bonds. The molecule has 0 saturated carbocycles. The monoisotopic (exact) mass is 294 g/mol. The van der Waals surface area contributed by atoms with E-state index in [0.717, 1.165) is 0 Å². The van der Waals surface area contributed by atoms with Crippen LogP contribution < -0.4 is 10.2 Å². The largest absolute Gasteiger partial charge is 0.325 e. The van der Waals surface area contributed by atoms with Crippen LogP contribution in [0.4, 0.5) is 11.4 Å². The van der Waals surface area contributed by atoms with Crippen molar-refractivity contribution in [2.45, 2.75) is 0 Å². The summed E-state index contributed by atoms with van der Waals surface area (Å²) < 4.78 is 0. The quantitative estimate of drug-likeness (QED) is 0.879. The van der Waals surface area contributed by atoms with E-state index >= 15 is 0 Å². The summed E-state index contributed by atoms with van der Waals surface area (Å²) in [6.07, 6.45) is 0. The predicted octanol–water partition coefficient (Wildman–Crippen LogP) is 1.86. The molecule has 0 spiro atoms. The van der Waals surface area contributed by atoms with Crippen molar-refractivity contribution in [2.75, 3.05) is 16.8 Å². The smallest absolute Gasteiger partial charge is 0.247 e. The Morgan fingerprint density at radius 1 is 0.955 bits per heavy atom. The Hall–Kier alpha value is -2.95. The van der Waals surface area contributed by atoms with Gasteiger partial charge in [0.05, 0.1) is 6.54 Å². The lowest BCUT2D eigenvalue weighted by Crippen LogP contribution is -2.34. The highest BCUT2D eigenvalue weighted by molar-refractivity contribution is 6.30. The lowest BCUT2D eigenvalue weighted by molar-refractivity contribution is -0.134. The van der Waals surface area contributed by atoms with Crippen LogP contribution in [0.1, 0.15) is 0 Å². The summed E-state index contributed by atoms with van der Waals surface area (Å²) in [4.78, 5) is 38.0. The first-order valence-electron chi connectivity index (χ1n) is 6.92. The highest BCUT2D eigenvalue weighted by Gasteiger charge is 2.44. The first kappa shape index (κ1) is 14.0. The summed E-state index contributed by atoms with van der Waals surface area (Å²) in [5.74, 6) is -2.73. The molecule has 1 atom stereocenters. The molecule has 0 aliphatic carbocycles. The Balaban J connectivity index is 1.78. The van der Waals surface area contributed by atoms with Crippen LogP contribution >= 0.6 is 0 Å². The molecule has 0 aromatic heterocycles. The molecule has 1 aliphatic rings. The van der Waals surface area contributed by atoms with Gasteiger partial charge >= 0.3 is 0 Å². The van der Waals surface area contributed by atoms with Crippen LogP contribution in [0.25, 0.3) is 0 Å². The van der Waals surface area contributed by atoms with E-state index in [1.807, 2.05) is 12.1 Å². The van der Waals surface area contributed by atoms with Crippen molar-refractivity contribution in [1.82, 2.24) is 0 Å². The van der Waals surface area contributed by atoms with Gasteiger partial charge in [-0.05, 0) is 24.3 Å². The average molecular weight is 294 g/mol. The van der Waals surface area contributed by atoms with Crippen LogP contribution in [0, 0.1) is 5.92 Å². The van der Waals surface area contributed by atoms with Crippen LogP contribution in [0.5, 0.6) is 0 Å². The highest BCUT2D eigenvalue weighted by atomic mass is 16.2. The number of Topliss-reactive ketones (excluding diaryl/α,β-unsaturated/α-hetero) is 1. The van der Waals surface area contributed by atoms with Gasteiger partial charge in [-0.15, -0.1) is 0 Å². The van der Waals surface area contributed by atoms with Gasteiger partial charge in [-0.25, -0.2) is 0 Å². The second-order valence-electron chi connectivity index (χ2n) is 5.01. The van der Waals surface area contributed by atoms with Gasteiger partial charge in [0, 0.05) is 11.4 Å². The van der Waals surface area contributed by atoms with E-state index < -0.39 is 17.7 Å². The van der Waals surface area contributed by atoms with E-state index in [4.69, 9.17) is 0 Å². The molecule has 0 radical (unpaired) electrons. The molecule has 5 heteroatoms. The number of hydrogen-bond acceptors (Lipinski definition) is 3. The molecule has 3 rings (SSSR count). The van der Waals surface area contributed by atoms with E-state index in [1.165, 1.54) is 4.90 Å². The van der Waals surface area contributed by atoms with Crippen molar-refractivity contribution in [3.63, 3.8) is 0 Å². The topological polar surface area (TPSA) is 66.5 Å². The fraction of sp³-hybridized carbons (Fsp3) is 0.118. The maximum atomic E-state index is 12.4. The molecule has 110 valence electrons. The fourth-order valence-electron chi connectivity index (χ4n) is 2.44. The first-order valence-corrected chi connectivity index (χ1v) is 6.92. The van der Waals surface area contributed by atoms with E-state index in [9.17, 15) is 14.4 Å². The maximum absolute atomic E-state index is 12.4. The zero-order chi connectivity index (χ0) is 15.5. The summed E-state index contributed by atoms with van der Waals surface area (Å²) >= 11 is 0. The lowest BCUT2D eigenvalue weighted by Gasteiger charge is -2.15. The number of carbonyl (C=O) groups excluding carboxylic acids is 3. The molecule has 1 saturated heterocycles. The summed E-state index contributed by atoms with van der Waals surface area (Å²) in [7, 11) is 0. The van der Waals surface area contributed by atoms with Gasteiger partial charge in [0.25, 0.3) is 0 Å². The third-order valence-corrected chi connectivity index (χ3v) is 3.52. The molecule has 1 N–H and O–H groups in total. The van der Waals surface area contributed by atoms with E-state index in [0.29, 0.717) is 11.4 Å². The minimum atomic E-state index is -1.28. The van der Waals surface area contributed by atoms with Gasteiger partial charge in [-0.3, -0.25) is 14.4 Å². The van der Waals surface area contributed by atoms with Crippen molar-refractivity contribution in [3.8, 4) is 0 Å². The minimum Gasteiger partial charge on any atom is -0.325 e. The van der Waals surface area contributed by atoms with Crippen molar-refractivity contribution in [1.29, 1.82) is 0 Å². The summed E-state index contributed by atoms with van der Waals surface area (Å²) in [5, 5.41) is 2.61. The van der Waals surface area contributed by atoms with Gasteiger partial charge in [0.15, 0.2) is 11.7 Å². The molecular weight excluding hydrogens is 280 g/mol. The van der Waals surface area contributed by atoms with E-state index in [1.54, 1.807) is 48.5 Å². The zero-order valence-electron chi connectivity index (χ0n) is 11.7. The van der Waals surface area contributed by atoms with Gasteiger partial charge in [-0.1, -0.05) is 36.4 Å². The Morgan fingerprint density at radius 2 is 1.55 bits per heavy atom. The third-order valence-electron chi connectivity index (χ3n) is 3.52. The van der Waals surface area contributed by atoms with Gasteiger partial charge in [0.2, 0.25) is 11.8 Å². The maximum Gasteiger partial charge on any atom is 0.247 e. The molecule has 1 aliphatic heterocycles. The molecule has 1 fully saturated rings. The number of amides is 2. The molecule has 0 unspecified atom stereocenters. The number of ketones is 1. The fourth-order valence-corrected chi connectivity index (χ4v) is 2.44. The van der Waals surface area contributed by atoms with Crippen molar-refractivity contribution < 1.29 is 14.4 Å². The first-order chi connectivity index (χ1) is 10.7. The number of hydrogen-bond donors (Lipinski definition) is 1. The number of para-hydroxylation sites is 2. The normalized spacial score (nSPS) is 17.6. The predicted molar refractivity (Wildman–Crippen MR) is 82.4 cm³/mol. The Labute approximate surface area is 127 Å². The number of benzene rings is 2. The third kappa shape index (κ3) is 2.61. The molecule has 1 heterocycles. The molecule has 2 aromatic carbocycles. The van der Waals surface area contributed by atoms with E-state index in [2.05, 4.69) is 5.32 Å². The number of rotatable bonds is 3.